The van der Waals surface area contributed by atoms with Crippen LogP contribution in [-0.2, 0) is 37.0 Å². The average Bonchev–Trinajstić information content (AvgIpc) is 3.61. The van der Waals surface area contributed by atoms with Crippen LogP contribution in [0.25, 0.3) is 0 Å². The number of hydrogen-bond acceptors (Lipinski definition) is 2. The molecule has 2 unspecified atom stereocenters. The first-order chi connectivity index (χ1) is 22.1. The molecule has 0 radical (unpaired) electrons. The van der Waals surface area contributed by atoms with Crippen LogP contribution >= 0.6 is 0 Å². The van der Waals surface area contributed by atoms with E-state index in [1.807, 2.05) is 38.1 Å². The van der Waals surface area contributed by atoms with Gasteiger partial charge in [-0.05, 0) is 47.9 Å². The summed E-state index contributed by atoms with van der Waals surface area (Å²) in [7, 11) is -1.82. The fraction of sp³-hybridized carbons (Fsp3) is 0.565. The number of hydrogen-bond donors (Lipinski definition) is 2. The molecule has 0 aromatic heterocycles. The van der Waals surface area contributed by atoms with Crippen molar-refractivity contribution in [3.63, 3.8) is 0 Å². The third-order valence-corrected chi connectivity index (χ3v) is 12.9. The Labute approximate surface area is 328 Å². The molecular weight excluding hydrogens is 704 g/mol. The Hall–Kier alpha value is -1.90. The molecule has 274 valence electrons. The Morgan fingerprint density at radius 1 is 0.560 bits per heavy atom. The Morgan fingerprint density at radius 2 is 0.860 bits per heavy atom. The summed E-state index contributed by atoms with van der Waals surface area (Å²) < 4.78 is 0. The van der Waals surface area contributed by atoms with Gasteiger partial charge in [0, 0.05) is 8.07 Å². The first-order valence-electron chi connectivity index (χ1n) is 18.5. The van der Waals surface area contributed by atoms with E-state index in [2.05, 4.69) is 134 Å². The topological polar surface area (TPSA) is 40.5 Å². The van der Waals surface area contributed by atoms with Crippen molar-refractivity contribution < 1.29 is 36.4 Å². The second kappa shape index (κ2) is 17.3. The third kappa shape index (κ3) is 12.1. The van der Waals surface area contributed by atoms with Gasteiger partial charge in [-0.15, -0.1) is 0 Å². The molecule has 2 N–H and O–H groups in total. The third-order valence-electron chi connectivity index (χ3n) is 9.60. The molecule has 0 saturated carbocycles. The van der Waals surface area contributed by atoms with Crippen molar-refractivity contribution in [1.29, 1.82) is 0 Å². The molecule has 2 aromatic rings. The zero-order chi connectivity index (χ0) is 37.9. The van der Waals surface area contributed by atoms with E-state index in [1.54, 1.807) is 33.7 Å². The predicted octanol–water partition coefficient (Wildman–Crippen LogP) is 13.3. The number of phenolic OH excluding ortho intramolecular Hbond substituents is 2. The van der Waals surface area contributed by atoms with E-state index in [0.29, 0.717) is 23.3 Å². The molecule has 0 fully saturated rings. The van der Waals surface area contributed by atoms with Gasteiger partial charge in [-0.3, -0.25) is 12.2 Å². The molecule has 0 saturated heterocycles. The zero-order valence-corrected chi connectivity index (χ0v) is 38.5. The molecule has 4 rings (SSSR count). The number of aromatic hydroxyl groups is 2. The summed E-state index contributed by atoms with van der Waals surface area (Å²) in [5.41, 5.74) is 7.92. The normalized spacial score (nSPS) is 18.0. The van der Waals surface area contributed by atoms with Crippen LogP contribution in [0.5, 0.6) is 11.5 Å². The zero-order valence-electron chi connectivity index (χ0n) is 35.1. The van der Waals surface area contributed by atoms with E-state index >= 15 is 0 Å². The van der Waals surface area contributed by atoms with Crippen molar-refractivity contribution in [2.24, 2.45) is 22.7 Å². The van der Waals surface area contributed by atoms with Crippen LogP contribution in [0.2, 0.25) is 13.1 Å². The van der Waals surface area contributed by atoms with Gasteiger partial charge in [-0.1, -0.05) is 181 Å². The maximum atomic E-state index is 9.57. The predicted molar refractivity (Wildman–Crippen MR) is 217 cm³/mol. The first-order valence-corrected chi connectivity index (χ1v) is 21.5. The Balaban J connectivity index is 0.000000418. The van der Waals surface area contributed by atoms with Crippen molar-refractivity contribution in [3.05, 3.63) is 104 Å². The molecule has 0 aliphatic heterocycles. The summed E-state index contributed by atoms with van der Waals surface area (Å²) in [4.78, 5) is 0. The SMILES string of the molecule is CCC1[C-]=C([Si](C)(C)C2=[C-]C(CC)C=C2C(C)(C)C)C(C(C)(C)C)=C1.Cc1ccc(O)c(C(C)(C)C)c1.Cc1ccc(O)c(C(C)(C)C)c1.[Zr+2]. The van der Waals surface area contributed by atoms with Gasteiger partial charge in [-0.2, -0.15) is 23.3 Å². The molecule has 0 heterocycles. The van der Waals surface area contributed by atoms with E-state index in [1.165, 1.54) is 11.1 Å². The number of benzene rings is 2. The Bertz CT molecular complexity index is 1460. The van der Waals surface area contributed by atoms with E-state index < -0.39 is 8.07 Å². The molecule has 50 heavy (non-hydrogen) atoms. The van der Waals surface area contributed by atoms with Gasteiger partial charge in [0.25, 0.3) is 0 Å². The van der Waals surface area contributed by atoms with Crippen LogP contribution in [0.3, 0.4) is 0 Å². The van der Waals surface area contributed by atoms with Gasteiger partial charge < -0.3 is 10.2 Å². The smallest absolute Gasteiger partial charge is 0.508 e. The molecule has 2 aliphatic carbocycles. The molecule has 0 amide bonds. The summed E-state index contributed by atoms with van der Waals surface area (Å²) in [5.74, 6) is 1.77. The van der Waals surface area contributed by atoms with Crippen molar-refractivity contribution in [2.45, 2.75) is 148 Å². The second-order valence-corrected chi connectivity index (χ2v) is 23.1. The van der Waals surface area contributed by atoms with Gasteiger partial charge in [-0.25, -0.2) is 10.4 Å². The van der Waals surface area contributed by atoms with Gasteiger partial charge in [0.05, 0.1) is 0 Å². The van der Waals surface area contributed by atoms with Crippen LogP contribution in [-0.4, -0.2) is 18.3 Å². The van der Waals surface area contributed by atoms with Crippen molar-refractivity contribution >= 4 is 8.07 Å². The van der Waals surface area contributed by atoms with Crippen LogP contribution in [0, 0.1) is 48.7 Å². The fourth-order valence-electron chi connectivity index (χ4n) is 6.53. The summed E-state index contributed by atoms with van der Waals surface area (Å²) in [5, 5.41) is 22.2. The standard InChI is InChI=1S/C24H38Si.2C11H16O.Zr/c1-11-17-13-19(23(3,4)5)21(15-17)25(9,10)22-16-18(12-2)14-20(22)24(6,7)8;2*1-8-5-6-10(12)9(7-8)11(2,3)4;/h13-14,17-18H,11-12H2,1-10H3;2*5-7,12H,1-4H3;/q-2;;;+2. The number of aryl methyl sites for hydroxylation is 2. The molecule has 2 aromatic carbocycles. The Morgan fingerprint density at radius 3 is 1.08 bits per heavy atom. The Kier molecular flexibility index (Phi) is 15.9. The molecule has 0 spiro atoms. The molecule has 2 aliphatic rings. The molecule has 2 atom stereocenters. The van der Waals surface area contributed by atoms with Gasteiger partial charge in [0.1, 0.15) is 11.5 Å². The van der Waals surface area contributed by atoms with E-state index in [4.69, 9.17) is 0 Å². The fourth-order valence-corrected chi connectivity index (χ4v) is 10.1. The summed E-state index contributed by atoms with van der Waals surface area (Å²) >= 11 is 0. The van der Waals surface area contributed by atoms with Gasteiger partial charge >= 0.3 is 26.2 Å². The number of allylic oxidation sites excluding steroid dienone is 8. The summed E-state index contributed by atoms with van der Waals surface area (Å²) in [6, 6.07) is 11.4. The quantitative estimate of drug-likeness (QED) is 0.240. The maximum Gasteiger partial charge on any atom is 2.00 e. The number of phenols is 2. The summed E-state index contributed by atoms with van der Waals surface area (Å²) in [6.07, 6.45) is 15.1. The molecule has 0 bridgehead atoms. The number of rotatable bonds is 4. The van der Waals surface area contributed by atoms with Crippen LogP contribution < -0.4 is 0 Å². The first kappa shape index (κ1) is 46.1. The van der Waals surface area contributed by atoms with Crippen molar-refractivity contribution in [2.75, 3.05) is 0 Å². The van der Waals surface area contributed by atoms with Crippen LogP contribution in [0.15, 0.2) is 70.1 Å². The van der Waals surface area contributed by atoms with E-state index in [0.717, 1.165) is 24.0 Å². The molecule has 2 nitrogen and oxygen atoms in total. The maximum absolute atomic E-state index is 9.57. The summed E-state index contributed by atoms with van der Waals surface area (Å²) in [6.45, 7) is 40.4. The van der Waals surface area contributed by atoms with Crippen molar-refractivity contribution in [1.82, 2.24) is 0 Å². The van der Waals surface area contributed by atoms with Gasteiger partial charge in [0.2, 0.25) is 0 Å². The van der Waals surface area contributed by atoms with Crippen LogP contribution in [0.4, 0.5) is 0 Å². The molecule has 4 heteroatoms. The largest absolute Gasteiger partial charge is 2.00 e. The minimum atomic E-state index is -1.82. The van der Waals surface area contributed by atoms with Crippen LogP contribution in [0.1, 0.15) is 132 Å². The minimum absolute atomic E-state index is 0. The average molecular weight is 774 g/mol. The van der Waals surface area contributed by atoms with Crippen molar-refractivity contribution in [3.8, 4) is 11.5 Å². The molecular formula is C46H70O2SiZr. The van der Waals surface area contributed by atoms with Gasteiger partial charge in [0.15, 0.2) is 0 Å². The van der Waals surface area contributed by atoms with E-state index in [-0.39, 0.29) is 47.9 Å². The minimum Gasteiger partial charge on any atom is -0.508 e. The monoisotopic (exact) mass is 772 g/mol. The second-order valence-electron chi connectivity index (χ2n) is 18.9. The van der Waals surface area contributed by atoms with E-state index in [9.17, 15) is 10.2 Å².